The van der Waals surface area contributed by atoms with Crippen LogP contribution < -0.4 is 4.90 Å². The minimum atomic E-state index is 0.869. The minimum absolute atomic E-state index is 0.869. The van der Waals surface area contributed by atoms with Crippen LogP contribution in [0.4, 0.5) is 17.1 Å². The van der Waals surface area contributed by atoms with Gasteiger partial charge in [0.2, 0.25) is 0 Å². The van der Waals surface area contributed by atoms with Gasteiger partial charge in [-0.25, -0.2) is 0 Å². The molecule has 0 radical (unpaired) electrons. The van der Waals surface area contributed by atoms with Crippen LogP contribution in [0.3, 0.4) is 0 Å². The Labute approximate surface area is 349 Å². The number of anilines is 3. The Bertz CT molecular complexity index is 3250. The molecule has 2 heteroatoms. The predicted octanol–water partition coefficient (Wildman–Crippen LogP) is 16.5. The van der Waals surface area contributed by atoms with Gasteiger partial charge in [-0.3, -0.25) is 0 Å². The SMILES string of the molecule is c1ccc(-c2ccc(N(c3ccc(-c4ccc(-c5cccc6ccccc56)cc4)cc3)c3ccc(-c4cccc(-c5cc6ccccc6o5)c4)c4ccccc34)cc2)cc1. The molecule has 282 valence electrons. The molecule has 0 aliphatic rings. The summed E-state index contributed by atoms with van der Waals surface area (Å²) in [5.41, 5.74) is 14.8. The maximum Gasteiger partial charge on any atom is 0.135 e. The summed E-state index contributed by atoms with van der Waals surface area (Å²) in [6.45, 7) is 0. The van der Waals surface area contributed by atoms with Crippen LogP contribution >= 0.6 is 0 Å². The Morgan fingerprint density at radius 3 is 1.50 bits per heavy atom. The van der Waals surface area contributed by atoms with Crippen molar-refractivity contribution in [3.05, 3.63) is 237 Å². The maximum absolute atomic E-state index is 6.29. The number of hydrogen-bond acceptors (Lipinski definition) is 2. The fraction of sp³-hybridized carbons (Fsp3) is 0. The number of benzene rings is 10. The van der Waals surface area contributed by atoms with E-state index in [1.807, 2.05) is 18.2 Å². The molecule has 0 aliphatic carbocycles. The average Bonchev–Trinajstić information content (AvgIpc) is 3.77. The Morgan fingerprint density at radius 2 is 0.783 bits per heavy atom. The molecule has 0 saturated carbocycles. The average molecular weight is 766 g/mol. The largest absolute Gasteiger partial charge is 0.456 e. The normalized spacial score (nSPS) is 11.3. The summed E-state index contributed by atoms with van der Waals surface area (Å²) in [5.74, 6) is 0.869. The van der Waals surface area contributed by atoms with E-state index in [9.17, 15) is 0 Å². The summed E-state index contributed by atoms with van der Waals surface area (Å²) >= 11 is 0. The van der Waals surface area contributed by atoms with Crippen molar-refractivity contribution >= 4 is 49.6 Å². The van der Waals surface area contributed by atoms with E-state index in [4.69, 9.17) is 4.42 Å². The van der Waals surface area contributed by atoms with Crippen molar-refractivity contribution in [3.8, 4) is 55.8 Å². The molecule has 0 atom stereocenters. The number of rotatable bonds is 8. The first kappa shape index (κ1) is 35.2. The number of hydrogen-bond donors (Lipinski definition) is 0. The molecule has 0 N–H and O–H groups in total. The van der Waals surface area contributed by atoms with Crippen molar-refractivity contribution in [2.45, 2.75) is 0 Å². The third kappa shape index (κ3) is 6.51. The predicted molar refractivity (Wildman–Crippen MR) is 253 cm³/mol. The van der Waals surface area contributed by atoms with Gasteiger partial charge < -0.3 is 9.32 Å². The zero-order valence-electron chi connectivity index (χ0n) is 32.9. The summed E-state index contributed by atoms with van der Waals surface area (Å²) in [7, 11) is 0. The number of nitrogens with zero attached hydrogens (tertiary/aromatic N) is 1. The maximum atomic E-state index is 6.29. The fourth-order valence-corrected chi connectivity index (χ4v) is 8.68. The molecule has 10 aromatic carbocycles. The molecule has 0 spiro atoms. The van der Waals surface area contributed by atoms with E-state index in [0.29, 0.717) is 0 Å². The second-order valence-electron chi connectivity index (χ2n) is 15.3. The lowest BCUT2D eigenvalue weighted by molar-refractivity contribution is 0.631. The molecule has 0 bridgehead atoms. The van der Waals surface area contributed by atoms with Gasteiger partial charge in [-0.15, -0.1) is 0 Å². The first-order valence-corrected chi connectivity index (χ1v) is 20.5. The molecule has 11 rings (SSSR count). The van der Waals surface area contributed by atoms with Gasteiger partial charge >= 0.3 is 0 Å². The number of furan rings is 1. The molecule has 11 aromatic rings. The van der Waals surface area contributed by atoms with Gasteiger partial charge in [0.15, 0.2) is 0 Å². The van der Waals surface area contributed by atoms with Crippen molar-refractivity contribution in [2.75, 3.05) is 4.90 Å². The molecule has 60 heavy (non-hydrogen) atoms. The lowest BCUT2D eigenvalue weighted by Gasteiger charge is -2.28. The van der Waals surface area contributed by atoms with E-state index in [1.54, 1.807) is 0 Å². The van der Waals surface area contributed by atoms with E-state index in [1.165, 1.54) is 60.5 Å². The number of para-hydroxylation sites is 1. The topological polar surface area (TPSA) is 16.4 Å². The molecule has 0 amide bonds. The summed E-state index contributed by atoms with van der Waals surface area (Å²) in [6, 6.07) is 84.9. The van der Waals surface area contributed by atoms with Crippen LogP contribution in [0.15, 0.2) is 241 Å². The van der Waals surface area contributed by atoms with Gasteiger partial charge in [0.05, 0.1) is 5.69 Å². The summed E-state index contributed by atoms with van der Waals surface area (Å²) < 4.78 is 6.29. The van der Waals surface area contributed by atoms with Crippen LogP contribution in [0.25, 0.3) is 88.3 Å². The third-order valence-corrected chi connectivity index (χ3v) is 11.7. The molecular weight excluding hydrogens is 727 g/mol. The van der Waals surface area contributed by atoms with Crippen molar-refractivity contribution in [1.82, 2.24) is 0 Å². The molecular formula is C58H39NO. The monoisotopic (exact) mass is 765 g/mol. The molecule has 0 saturated heterocycles. The van der Waals surface area contributed by atoms with E-state index >= 15 is 0 Å². The highest BCUT2D eigenvalue weighted by atomic mass is 16.3. The van der Waals surface area contributed by atoms with E-state index in [0.717, 1.165) is 44.9 Å². The van der Waals surface area contributed by atoms with Crippen molar-refractivity contribution in [2.24, 2.45) is 0 Å². The summed E-state index contributed by atoms with van der Waals surface area (Å²) in [6.07, 6.45) is 0. The molecule has 0 aliphatic heterocycles. The highest BCUT2D eigenvalue weighted by Crippen LogP contribution is 2.43. The van der Waals surface area contributed by atoms with Crippen molar-refractivity contribution in [3.63, 3.8) is 0 Å². The minimum Gasteiger partial charge on any atom is -0.456 e. The summed E-state index contributed by atoms with van der Waals surface area (Å²) in [4.78, 5) is 2.39. The standard InChI is InChI=1S/C58H39NO/c1-2-12-40(13-3-1)42-28-32-49(33-29-42)59(50-34-30-43(31-35-50)41-24-26-45(27-25-41)52-22-11-16-44-14-4-6-19-51(44)52)56-37-36-53(54-20-7-8-21-55(54)56)46-17-10-18-47(38-46)58-39-48-15-5-9-23-57(48)60-58/h1-39H. The van der Waals surface area contributed by atoms with Crippen LogP contribution in [-0.4, -0.2) is 0 Å². The highest BCUT2D eigenvalue weighted by molar-refractivity contribution is 6.06. The van der Waals surface area contributed by atoms with E-state index in [-0.39, 0.29) is 0 Å². The van der Waals surface area contributed by atoms with E-state index in [2.05, 4.69) is 223 Å². The Balaban J connectivity index is 0.983. The second-order valence-corrected chi connectivity index (χ2v) is 15.3. The van der Waals surface area contributed by atoms with Gasteiger partial charge in [0.1, 0.15) is 11.3 Å². The van der Waals surface area contributed by atoms with Gasteiger partial charge in [-0.05, 0) is 109 Å². The Hall–Kier alpha value is -7.94. The zero-order valence-corrected chi connectivity index (χ0v) is 32.9. The number of fused-ring (bicyclic) bond motifs is 3. The molecule has 0 fully saturated rings. The lowest BCUT2D eigenvalue weighted by atomic mass is 9.94. The van der Waals surface area contributed by atoms with Crippen molar-refractivity contribution < 1.29 is 4.42 Å². The van der Waals surface area contributed by atoms with E-state index < -0.39 is 0 Å². The van der Waals surface area contributed by atoms with Gasteiger partial charge in [-0.1, -0.05) is 188 Å². The molecule has 2 nitrogen and oxygen atoms in total. The van der Waals surface area contributed by atoms with Crippen LogP contribution in [0.1, 0.15) is 0 Å². The highest BCUT2D eigenvalue weighted by Gasteiger charge is 2.19. The zero-order chi connectivity index (χ0) is 39.8. The van der Waals surface area contributed by atoms with Crippen LogP contribution in [0.2, 0.25) is 0 Å². The van der Waals surface area contributed by atoms with Gasteiger partial charge in [0.25, 0.3) is 0 Å². The fourth-order valence-electron chi connectivity index (χ4n) is 8.68. The lowest BCUT2D eigenvalue weighted by Crippen LogP contribution is -2.10. The van der Waals surface area contributed by atoms with Crippen LogP contribution in [0, 0.1) is 0 Å². The molecule has 0 unspecified atom stereocenters. The smallest absolute Gasteiger partial charge is 0.135 e. The van der Waals surface area contributed by atoms with Gasteiger partial charge in [0, 0.05) is 27.7 Å². The van der Waals surface area contributed by atoms with Crippen molar-refractivity contribution in [1.29, 1.82) is 0 Å². The second kappa shape index (κ2) is 15.1. The summed E-state index contributed by atoms with van der Waals surface area (Å²) in [5, 5.41) is 5.98. The molecule has 1 aromatic heterocycles. The Morgan fingerprint density at radius 1 is 0.283 bits per heavy atom. The Kier molecular flexibility index (Phi) is 8.87. The quantitative estimate of drug-likeness (QED) is 0.153. The van der Waals surface area contributed by atoms with Crippen LogP contribution in [-0.2, 0) is 0 Å². The third-order valence-electron chi connectivity index (χ3n) is 11.7. The first-order chi connectivity index (χ1) is 29.7. The first-order valence-electron chi connectivity index (χ1n) is 20.5. The molecule has 1 heterocycles. The van der Waals surface area contributed by atoms with Gasteiger partial charge in [-0.2, -0.15) is 0 Å². The van der Waals surface area contributed by atoms with Crippen LogP contribution in [0.5, 0.6) is 0 Å².